The molecule has 0 radical (unpaired) electrons. The molecule has 3 aromatic rings. The summed E-state index contributed by atoms with van der Waals surface area (Å²) in [5.41, 5.74) is -0.940. The fraction of sp³-hybridized carbons (Fsp3) is 0.150. The maximum Gasteiger partial charge on any atom is 0.344 e. The molecule has 0 aliphatic heterocycles. The van der Waals surface area contributed by atoms with Crippen LogP contribution in [-0.2, 0) is 6.42 Å². The lowest BCUT2D eigenvalue weighted by Gasteiger charge is -2.19. The fourth-order valence-corrected chi connectivity index (χ4v) is 2.74. The highest BCUT2D eigenvalue weighted by atomic mass is 16.4. The van der Waals surface area contributed by atoms with Gasteiger partial charge in [-0.3, -0.25) is 0 Å². The zero-order valence-corrected chi connectivity index (χ0v) is 14.1. The standard InChI is InChI=1S/C20H18O6/c1-3-20(2,25)10-12-6-11-7-15(14-5-4-13(21)8-17(14)23)19(24)26-18(11)9-16(12)22/h3-9,21-23,25H,1,10H2,2H3/t20-/m1/s1. The molecule has 26 heavy (non-hydrogen) atoms. The number of hydrogen-bond donors (Lipinski definition) is 4. The van der Waals surface area contributed by atoms with E-state index in [-0.39, 0.29) is 40.4 Å². The van der Waals surface area contributed by atoms with Crippen molar-refractivity contribution in [2.24, 2.45) is 0 Å². The summed E-state index contributed by atoms with van der Waals surface area (Å²) in [6.45, 7) is 5.13. The Bertz CT molecular complexity index is 1060. The van der Waals surface area contributed by atoms with E-state index in [0.717, 1.165) is 6.07 Å². The summed E-state index contributed by atoms with van der Waals surface area (Å²) in [4.78, 5) is 12.3. The highest BCUT2D eigenvalue weighted by molar-refractivity contribution is 5.85. The summed E-state index contributed by atoms with van der Waals surface area (Å²) >= 11 is 0. The van der Waals surface area contributed by atoms with Crippen molar-refractivity contribution in [3.8, 4) is 28.4 Å². The van der Waals surface area contributed by atoms with E-state index in [0.29, 0.717) is 10.9 Å². The molecule has 0 saturated heterocycles. The molecule has 2 aromatic carbocycles. The van der Waals surface area contributed by atoms with Crippen molar-refractivity contribution in [2.45, 2.75) is 18.9 Å². The smallest absolute Gasteiger partial charge is 0.344 e. The van der Waals surface area contributed by atoms with Crippen LogP contribution in [0.5, 0.6) is 17.2 Å². The van der Waals surface area contributed by atoms with Crippen molar-refractivity contribution in [1.82, 2.24) is 0 Å². The van der Waals surface area contributed by atoms with E-state index in [1.54, 1.807) is 13.0 Å². The van der Waals surface area contributed by atoms with Gasteiger partial charge >= 0.3 is 5.63 Å². The van der Waals surface area contributed by atoms with E-state index >= 15 is 0 Å². The third-order valence-corrected chi connectivity index (χ3v) is 4.19. The van der Waals surface area contributed by atoms with Gasteiger partial charge in [-0.05, 0) is 36.8 Å². The number of aromatic hydroxyl groups is 3. The second-order valence-electron chi connectivity index (χ2n) is 6.41. The number of phenolic OH excluding ortho intramolecular Hbond substituents is 3. The number of rotatable bonds is 4. The lowest BCUT2D eigenvalue weighted by atomic mass is 9.94. The van der Waals surface area contributed by atoms with E-state index in [1.165, 1.54) is 30.3 Å². The number of aliphatic hydroxyl groups is 1. The van der Waals surface area contributed by atoms with E-state index in [4.69, 9.17) is 4.42 Å². The molecule has 0 spiro atoms. The van der Waals surface area contributed by atoms with Gasteiger partial charge in [0.15, 0.2) is 0 Å². The van der Waals surface area contributed by atoms with Gasteiger partial charge in [0, 0.05) is 29.5 Å². The van der Waals surface area contributed by atoms with Gasteiger partial charge in [0.2, 0.25) is 0 Å². The van der Waals surface area contributed by atoms with Gasteiger partial charge in [-0.15, -0.1) is 6.58 Å². The molecule has 6 heteroatoms. The lowest BCUT2D eigenvalue weighted by Crippen LogP contribution is -2.23. The first kappa shape index (κ1) is 17.6. The number of phenols is 3. The van der Waals surface area contributed by atoms with Crippen molar-refractivity contribution in [3.63, 3.8) is 0 Å². The zero-order chi connectivity index (χ0) is 19.1. The van der Waals surface area contributed by atoms with Crippen molar-refractivity contribution in [1.29, 1.82) is 0 Å². The molecule has 1 heterocycles. The molecule has 0 saturated carbocycles. The highest BCUT2D eigenvalue weighted by Gasteiger charge is 2.20. The summed E-state index contributed by atoms with van der Waals surface area (Å²) in [5, 5.41) is 40.2. The van der Waals surface area contributed by atoms with Crippen LogP contribution in [0.25, 0.3) is 22.1 Å². The first-order chi connectivity index (χ1) is 12.2. The molecule has 1 atom stereocenters. The maximum absolute atomic E-state index is 12.3. The van der Waals surface area contributed by atoms with E-state index in [9.17, 15) is 25.2 Å². The second kappa shape index (κ2) is 6.24. The van der Waals surface area contributed by atoms with Gasteiger partial charge < -0.3 is 24.8 Å². The minimum atomic E-state index is -1.21. The van der Waals surface area contributed by atoms with E-state index in [1.807, 2.05) is 0 Å². The summed E-state index contributed by atoms with van der Waals surface area (Å²) in [5.74, 6) is -0.497. The minimum absolute atomic E-state index is 0.108. The van der Waals surface area contributed by atoms with Crippen molar-refractivity contribution < 1.29 is 24.8 Å². The highest BCUT2D eigenvalue weighted by Crippen LogP contribution is 2.33. The zero-order valence-electron chi connectivity index (χ0n) is 14.1. The first-order valence-electron chi connectivity index (χ1n) is 7.88. The summed E-state index contributed by atoms with van der Waals surface area (Å²) in [6, 6.07) is 8.33. The Morgan fingerprint density at radius 2 is 1.81 bits per heavy atom. The van der Waals surface area contributed by atoms with Crippen LogP contribution in [-0.4, -0.2) is 26.0 Å². The number of fused-ring (bicyclic) bond motifs is 1. The Hall–Kier alpha value is -3.25. The van der Waals surface area contributed by atoms with Crippen LogP contribution < -0.4 is 5.63 Å². The van der Waals surface area contributed by atoms with Crippen LogP contribution in [0.2, 0.25) is 0 Å². The molecule has 0 unspecified atom stereocenters. The van der Waals surface area contributed by atoms with E-state index < -0.39 is 11.2 Å². The predicted octanol–water partition coefficient (Wildman–Crippen LogP) is 3.06. The first-order valence-corrected chi connectivity index (χ1v) is 7.88. The quantitative estimate of drug-likeness (QED) is 0.423. The van der Waals surface area contributed by atoms with Gasteiger partial charge in [0.25, 0.3) is 0 Å². The SMILES string of the molecule is C=C[C@@](C)(O)Cc1cc2cc(-c3ccc(O)cc3O)c(=O)oc2cc1O. The number of benzene rings is 2. The van der Waals surface area contributed by atoms with Crippen LogP contribution in [0.4, 0.5) is 0 Å². The monoisotopic (exact) mass is 354 g/mol. The molecule has 6 nitrogen and oxygen atoms in total. The molecular formula is C20H18O6. The molecule has 0 aliphatic rings. The molecule has 0 amide bonds. The van der Waals surface area contributed by atoms with Crippen LogP contribution in [0.3, 0.4) is 0 Å². The van der Waals surface area contributed by atoms with Crippen molar-refractivity contribution in [3.05, 3.63) is 65.0 Å². The topological polar surface area (TPSA) is 111 Å². The van der Waals surface area contributed by atoms with Crippen molar-refractivity contribution in [2.75, 3.05) is 0 Å². The Morgan fingerprint density at radius 3 is 2.46 bits per heavy atom. The van der Waals surface area contributed by atoms with Crippen LogP contribution in [0.15, 0.2) is 58.3 Å². The van der Waals surface area contributed by atoms with Gasteiger partial charge in [-0.25, -0.2) is 4.79 Å². The van der Waals surface area contributed by atoms with Gasteiger partial charge in [0.1, 0.15) is 22.8 Å². The molecule has 4 N–H and O–H groups in total. The molecule has 0 aliphatic carbocycles. The largest absolute Gasteiger partial charge is 0.508 e. The molecule has 0 bridgehead atoms. The Morgan fingerprint density at radius 1 is 1.08 bits per heavy atom. The van der Waals surface area contributed by atoms with Crippen LogP contribution in [0.1, 0.15) is 12.5 Å². The summed E-state index contributed by atoms with van der Waals surface area (Å²) in [7, 11) is 0. The molecule has 134 valence electrons. The molecule has 3 rings (SSSR count). The van der Waals surface area contributed by atoms with Crippen LogP contribution >= 0.6 is 0 Å². The fourth-order valence-electron chi connectivity index (χ4n) is 2.74. The average Bonchev–Trinajstić information content (AvgIpc) is 2.56. The maximum atomic E-state index is 12.3. The lowest BCUT2D eigenvalue weighted by molar-refractivity contribution is 0.112. The van der Waals surface area contributed by atoms with Gasteiger partial charge in [0.05, 0.1) is 11.2 Å². The average molecular weight is 354 g/mol. The normalized spacial score (nSPS) is 13.5. The number of hydrogen-bond acceptors (Lipinski definition) is 6. The van der Waals surface area contributed by atoms with Gasteiger partial charge in [-0.2, -0.15) is 0 Å². The van der Waals surface area contributed by atoms with Crippen molar-refractivity contribution >= 4 is 11.0 Å². The summed E-state index contributed by atoms with van der Waals surface area (Å²) < 4.78 is 5.25. The third-order valence-electron chi connectivity index (χ3n) is 4.19. The second-order valence-corrected chi connectivity index (χ2v) is 6.41. The molecular weight excluding hydrogens is 336 g/mol. The third kappa shape index (κ3) is 3.27. The summed E-state index contributed by atoms with van der Waals surface area (Å²) in [6.07, 6.45) is 1.50. The Labute approximate surface area is 148 Å². The Kier molecular flexibility index (Phi) is 4.21. The van der Waals surface area contributed by atoms with Gasteiger partial charge in [-0.1, -0.05) is 6.08 Å². The van der Waals surface area contributed by atoms with Crippen LogP contribution in [0, 0.1) is 0 Å². The predicted molar refractivity (Wildman–Crippen MR) is 97.4 cm³/mol. The molecule has 1 aromatic heterocycles. The minimum Gasteiger partial charge on any atom is -0.508 e. The van der Waals surface area contributed by atoms with E-state index in [2.05, 4.69) is 6.58 Å². The molecule has 0 fully saturated rings. The Balaban J connectivity index is 2.18.